The first-order valence-corrected chi connectivity index (χ1v) is 6.51. The van der Waals surface area contributed by atoms with E-state index in [2.05, 4.69) is 38.0 Å². The third-order valence-corrected chi connectivity index (χ3v) is 3.74. The van der Waals surface area contributed by atoms with Crippen LogP contribution in [0.15, 0.2) is 10.7 Å². The number of aromatic nitrogens is 2. The second kappa shape index (κ2) is 5.12. The van der Waals surface area contributed by atoms with E-state index in [0.29, 0.717) is 0 Å². The standard InChI is InChI=1S/C11H18BrN3/c1-2-15-11(10(12)8-14-15)6-9-4-3-5-13-7-9/h8-9,13H,2-7H2,1H3. The fraction of sp³-hybridized carbons (Fsp3) is 0.727. The summed E-state index contributed by atoms with van der Waals surface area (Å²) in [7, 11) is 0. The zero-order valence-electron chi connectivity index (χ0n) is 9.17. The van der Waals surface area contributed by atoms with Gasteiger partial charge in [0.15, 0.2) is 0 Å². The molecule has 1 N–H and O–H groups in total. The van der Waals surface area contributed by atoms with Gasteiger partial charge < -0.3 is 5.32 Å². The average Bonchev–Trinajstić information content (AvgIpc) is 2.62. The Balaban J connectivity index is 2.04. The van der Waals surface area contributed by atoms with E-state index in [-0.39, 0.29) is 0 Å². The zero-order chi connectivity index (χ0) is 10.7. The lowest BCUT2D eigenvalue weighted by Crippen LogP contribution is -2.31. The number of nitrogens with zero attached hydrogens (tertiary/aromatic N) is 2. The molecular weight excluding hydrogens is 254 g/mol. The molecule has 3 nitrogen and oxygen atoms in total. The minimum atomic E-state index is 0.775. The molecule has 1 aliphatic heterocycles. The van der Waals surface area contributed by atoms with Crippen LogP contribution >= 0.6 is 15.9 Å². The Morgan fingerprint density at radius 1 is 1.67 bits per heavy atom. The summed E-state index contributed by atoms with van der Waals surface area (Å²) >= 11 is 3.58. The van der Waals surface area contributed by atoms with Crippen LogP contribution in [0.2, 0.25) is 0 Å². The first-order valence-electron chi connectivity index (χ1n) is 5.72. The lowest BCUT2D eigenvalue weighted by Gasteiger charge is -2.23. The van der Waals surface area contributed by atoms with Crippen LogP contribution in [0.3, 0.4) is 0 Å². The van der Waals surface area contributed by atoms with Gasteiger partial charge in [0.1, 0.15) is 0 Å². The largest absolute Gasteiger partial charge is 0.316 e. The van der Waals surface area contributed by atoms with Gasteiger partial charge in [-0.25, -0.2) is 0 Å². The molecule has 84 valence electrons. The van der Waals surface area contributed by atoms with Crippen molar-refractivity contribution in [1.82, 2.24) is 15.1 Å². The molecule has 0 spiro atoms. The molecule has 4 heteroatoms. The highest BCUT2D eigenvalue weighted by atomic mass is 79.9. The highest BCUT2D eigenvalue weighted by molar-refractivity contribution is 9.10. The number of hydrogen-bond donors (Lipinski definition) is 1. The van der Waals surface area contributed by atoms with Gasteiger partial charge in [-0.15, -0.1) is 0 Å². The van der Waals surface area contributed by atoms with Crippen molar-refractivity contribution in [3.05, 3.63) is 16.4 Å². The molecule has 15 heavy (non-hydrogen) atoms. The summed E-state index contributed by atoms with van der Waals surface area (Å²) in [6.45, 7) is 5.44. The van der Waals surface area contributed by atoms with Crippen LogP contribution in [0.1, 0.15) is 25.5 Å². The molecule has 0 bridgehead atoms. The Labute approximate surface area is 99.4 Å². The molecule has 0 aromatic carbocycles. The Morgan fingerprint density at radius 2 is 2.53 bits per heavy atom. The first kappa shape index (κ1) is 11.1. The molecule has 1 aliphatic rings. The lowest BCUT2D eigenvalue weighted by molar-refractivity contribution is 0.367. The van der Waals surface area contributed by atoms with E-state index in [1.165, 1.54) is 25.1 Å². The molecule has 1 saturated heterocycles. The number of piperidine rings is 1. The molecule has 0 amide bonds. The van der Waals surface area contributed by atoms with Crippen LogP contribution in [-0.2, 0) is 13.0 Å². The van der Waals surface area contributed by atoms with E-state index in [1.54, 1.807) is 0 Å². The topological polar surface area (TPSA) is 29.9 Å². The Bertz CT molecular complexity index is 316. The molecule has 1 unspecified atom stereocenters. The minimum absolute atomic E-state index is 0.775. The van der Waals surface area contributed by atoms with Gasteiger partial charge in [-0.05, 0) is 61.1 Å². The van der Waals surface area contributed by atoms with Crippen molar-refractivity contribution in [2.75, 3.05) is 13.1 Å². The quantitative estimate of drug-likeness (QED) is 0.914. The molecule has 0 radical (unpaired) electrons. The number of hydrogen-bond acceptors (Lipinski definition) is 2. The van der Waals surface area contributed by atoms with Crippen LogP contribution in [0.25, 0.3) is 0 Å². The monoisotopic (exact) mass is 271 g/mol. The maximum Gasteiger partial charge on any atom is 0.0635 e. The molecule has 0 saturated carbocycles. The minimum Gasteiger partial charge on any atom is -0.316 e. The summed E-state index contributed by atoms with van der Waals surface area (Å²) in [6, 6.07) is 0. The molecule has 2 heterocycles. The van der Waals surface area contributed by atoms with Crippen molar-refractivity contribution in [3.63, 3.8) is 0 Å². The molecule has 1 aromatic heterocycles. The average molecular weight is 272 g/mol. The highest BCUT2D eigenvalue weighted by Gasteiger charge is 2.17. The maximum absolute atomic E-state index is 4.35. The predicted molar refractivity (Wildman–Crippen MR) is 64.9 cm³/mol. The van der Waals surface area contributed by atoms with Crippen LogP contribution < -0.4 is 5.32 Å². The number of aryl methyl sites for hydroxylation is 1. The summed E-state index contributed by atoms with van der Waals surface area (Å²) in [4.78, 5) is 0. The van der Waals surface area contributed by atoms with Gasteiger partial charge in [0, 0.05) is 6.54 Å². The molecule has 1 fully saturated rings. The number of halogens is 1. The molecule has 1 atom stereocenters. The Morgan fingerprint density at radius 3 is 3.20 bits per heavy atom. The van der Waals surface area contributed by atoms with Gasteiger partial charge in [0.05, 0.1) is 16.4 Å². The first-order chi connectivity index (χ1) is 7.31. The summed E-state index contributed by atoms with van der Waals surface area (Å²) in [6.07, 6.45) is 5.70. The normalized spacial score (nSPS) is 21.9. The Hall–Kier alpha value is -0.350. The number of rotatable bonds is 3. The van der Waals surface area contributed by atoms with E-state index in [4.69, 9.17) is 0 Å². The van der Waals surface area contributed by atoms with Crippen molar-refractivity contribution in [1.29, 1.82) is 0 Å². The smallest absolute Gasteiger partial charge is 0.0635 e. The van der Waals surface area contributed by atoms with Crippen molar-refractivity contribution in [2.45, 2.75) is 32.7 Å². The summed E-state index contributed by atoms with van der Waals surface area (Å²) in [5, 5.41) is 7.81. The third kappa shape index (κ3) is 2.61. The molecule has 1 aromatic rings. The molecule has 2 rings (SSSR count). The van der Waals surface area contributed by atoms with Crippen molar-refractivity contribution < 1.29 is 0 Å². The van der Waals surface area contributed by atoms with E-state index in [1.807, 2.05) is 6.20 Å². The lowest BCUT2D eigenvalue weighted by atomic mass is 9.95. The van der Waals surface area contributed by atoms with Gasteiger partial charge >= 0.3 is 0 Å². The van der Waals surface area contributed by atoms with Crippen molar-refractivity contribution >= 4 is 15.9 Å². The fourth-order valence-electron chi connectivity index (χ4n) is 2.23. The molecule has 0 aliphatic carbocycles. The van der Waals surface area contributed by atoms with Crippen LogP contribution in [0.5, 0.6) is 0 Å². The SMILES string of the molecule is CCn1ncc(Br)c1CC1CCCNC1. The van der Waals surface area contributed by atoms with Gasteiger partial charge in [0.2, 0.25) is 0 Å². The van der Waals surface area contributed by atoms with E-state index in [9.17, 15) is 0 Å². The van der Waals surface area contributed by atoms with Gasteiger partial charge in [0.25, 0.3) is 0 Å². The predicted octanol–water partition coefficient (Wildman–Crippen LogP) is 2.21. The maximum atomic E-state index is 4.35. The van der Waals surface area contributed by atoms with Crippen LogP contribution in [0.4, 0.5) is 0 Å². The molecular formula is C11H18BrN3. The van der Waals surface area contributed by atoms with Gasteiger partial charge in [-0.1, -0.05) is 0 Å². The second-order valence-electron chi connectivity index (χ2n) is 4.17. The van der Waals surface area contributed by atoms with Crippen LogP contribution in [-0.4, -0.2) is 22.9 Å². The summed E-state index contributed by atoms with van der Waals surface area (Å²) in [5.41, 5.74) is 1.35. The van der Waals surface area contributed by atoms with Crippen molar-refractivity contribution in [3.8, 4) is 0 Å². The van der Waals surface area contributed by atoms with Gasteiger partial charge in [-0.2, -0.15) is 5.10 Å². The second-order valence-corrected chi connectivity index (χ2v) is 5.03. The highest BCUT2D eigenvalue weighted by Crippen LogP contribution is 2.22. The number of nitrogens with one attached hydrogen (secondary N) is 1. The van der Waals surface area contributed by atoms with E-state index in [0.717, 1.165) is 29.9 Å². The van der Waals surface area contributed by atoms with Gasteiger partial charge in [-0.3, -0.25) is 4.68 Å². The Kier molecular flexibility index (Phi) is 3.81. The summed E-state index contributed by atoms with van der Waals surface area (Å²) in [5.74, 6) is 0.775. The van der Waals surface area contributed by atoms with E-state index < -0.39 is 0 Å². The fourth-order valence-corrected chi connectivity index (χ4v) is 2.69. The van der Waals surface area contributed by atoms with Crippen molar-refractivity contribution in [2.24, 2.45) is 5.92 Å². The van der Waals surface area contributed by atoms with Crippen LogP contribution in [0, 0.1) is 5.92 Å². The zero-order valence-corrected chi connectivity index (χ0v) is 10.8. The van der Waals surface area contributed by atoms with E-state index >= 15 is 0 Å². The third-order valence-electron chi connectivity index (χ3n) is 3.08. The summed E-state index contributed by atoms with van der Waals surface area (Å²) < 4.78 is 3.26.